The molecule has 0 unspecified atom stereocenters. The molecule has 0 spiro atoms. The number of esters is 2. The van der Waals surface area contributed by atoms with Crippen LogP contribution in [-0.4, -0.2) is 75.1 Å². The van der Waals surface area contributed by atoms with Crippen LogP contribution in [0.5, 0.6) is 0 Å². The Hall–Kier alpha value is -2.11. The third-order valence-corrected chi connectivity index (χ3v) is 5.61. The highest BCUT2D eigenvalue weighted by Crippen LogP contribution is 2.44. The number of methoxy groups -OCH3 is 2. The number of carbonyl (C=O) groups is 2. The van der Waals surface area contributed by atoms with Gasteiger partial charge in [0.2, 0.25) is 17.9 Å². The maximum atomic E-state index is 15.1. The summed E-state index contributed by atoms with van der Waals surface area (Å²) in [5.41, 5.74) is 0.237. The first kappa shape index (κ1) is 23.6. The molecule has 2 aliphatic rings. The molecule has 172 valence electrons. The molecule has 10 heteroatoms. The van der Waals surface area contributed by atoms with Crippen LogP contribution >= 0.6 is 0 Å². The monoisotopic (exact) mass is 442 g/mol. The Bertz CT molecular complexity index is 790. The van der Waals surface area contributed by atoms with Gasteiger partial charge in [-0.25, -0.2) is 9.18 Å². The molecule has 2 heterocycles. The lowest BCUT2D eigenvalue weighted by Gasteiger charge is -2.56. The lowest BCUT2D eigenvalue weighted by molar-refractivity contribution is -0.475. The van der Waals surface area contributed by atoms with E-state index in [1.807, 2.05) is 0 Å². The van der Waals surface area contributed by atoms with Crippen molar-refractivity contribution in [1.82, 2.24) is 0 Å². The van der Waals surface area contributed by atoms with Gasteiger partial charge in [-0.05, 0) is 26.0 Å². The maximum absolute atomic E-state index is 15.1. The van der Waals surface area contributed by atoms with Gasteiger partial charge in [-0.1, -0.05) is 18.2 Å². The molecule has 7 atom stereocenters. The van der Waals surface area contributed by atoms with Gasteiger partial charge in [-0.3, -0.25) is 4.79 Å². The van der Waals surface area contributed by atoms with Crippen molar-refractivity contribution < 1.29 is 47.1 Å². The van der Waals surface area contributed by atoms with Crippen molar-refractivity contribution in [3.05, 3.63) is 35.9 Å². The molecule has 3 rings (SSSR count). The molecule has 0 bridgehead atoms. The minimum absolute atomic E-state index is 0.237. The second kappa shape index (κ2) is 9.17. The number of halogens is 1. The highest BCUT2D eigenvalue weighted by atomic mass is 19.1. The largest absolute Gasteiger partial charge is 0.463 e. The van der Waals surface area contributed by atoms with Crippen molar-refractivity contribution in [2.24, 2.45) is 0 Å². The van der Waals surface area contributed by atoms with E-state index in [2.05, 4.69) is 0 Å². The van der Waals surface area contributed by atoms with Crippen LogP contribution in [0.15, 0.2) is 30.3 Å². The average molecular weight is 442 g/mol. The number of alkyl halides is 1. The normalized spacial score (nSPS) is 37.5. The third kappa shape index (κ3) is 4.58. The molecule has 31 heavy (non-hydrogen) atoms. The molecule has 2 saturated heterocycles. The lowest BCUT2D eigenvalue weighted by atomic mass is 9.94. The summed E-state index contributed by atoms with van der Waals surface area (Å²) < 4.78 is 54.0. The second-order valence-electron chi connectivity index (χ2n) is 7.53. The Morgan fingerprint density at radius 2 is 1.61 bits per heavy atom. The van der Waals surface area contributed by atoms with Crippen molar-refractivity contribution in [1.29, 1.82) is 0 Å². The number of ether oxygens (including phenoxy) is 7. The summed E-state index contributed by atoms with van der Waals surface area (Å²) in [6, 6.07) is 8.14. The number of hydrogen-bond acceptors (Lipinski definition) is 9. The van der Waals surface area contributed by atoms with E-state index in [4.69, 9.17) is 33.2 Å². The van der Waals surface area contributed by atoms with Crippen molar-refractivity contribution in [2.75, 3.05) is 20.8 Å². The number of benzene rings is 1. The van der Waals surface area contributed by atoms with E-state index in [-0.39, 0.29) is 12.2 Å². The van der Waals surface area contributed by atoms with E-state index in [0.717, 1.165) is 0 Å². The predicted molar refractivity (Wildman–Crippen MR) is 103 cm³/mol. The van der Waals surface area contributed by atoms with Gasteiger partial charge in [0.05, 0.1) is 5.56 Å². The van der Waals surface area contributed by atoms with Gasteiger partial charge in [0.15, 0.2) is 6.10 Å². The number of carbonyl (C=O) groups excluding carboxylic acids is 2. The molecule has 0 radical (unpaired) electrons. The van der Waals surface area contributed by atoms with Gasteiger partial charge < -0.3 is 33.2 Å². The fourth-order valence-corrected chi connectivity index (χ4v) is 3.57. The van der Waals surface area contributed by atoms with Crippen LogP contribution in [0.2, 0.25) is 0 Å². The van der Waals surface area contributed by atoms with Crippen LogP contribution < -0.4 is 0 Å². The number of rotatable bonds is 6. The predicted octanol–water partition coefficient (Wildman–Crippen LogP) is 1.98. The third-order valence-electron chi connectivity index (χ3n) is 5.61. The average Bonchev–Trinajstić information content (AvgIpc) is 2.76. The Morgan fingerprint density at radius 1 is 1.03 bits per heavy atom. The fraction of sp³-hybridized carbons (Fsp3) is 0.619. The Morgan fingerprint density at radius 3 is 2.16 bits per heavy atom. The van der Waals surface area contributed by atoms with E-state index in [1.165, 1.54) is 21.1 Å². The van der Waals surface area contributed by atoms with Gasteiger partial charge in [-0.2, -0.15) is 0 Å². The van der Waals surface area contributed by atoms with E-state index in [0.29, 0.717) is 0 Å². The zero-order chi connectivity index (χ0) is 22.8. The number of hydrogen-bond donors (Lipinski definition) is 0. The molecule has 9 nitrogen and oxygen atoms in total. The van der Waals surface area contributed by atoms with Crippen LogP contribution in [0.3, 0.4) is 0 Å². The molecule has 1 aromatic carbocycles. The Kier molecular flexibility index (Phi) is 6.97. The zero-order valence-electron chi connectivity index (χ0n) is 18.0. The van der Waals surface area contributed by atoms with Crippen molar-refractivity contribution in [2.45, 2.75) is 63.1 Å². The smallest absolute Gasteiger partial charge is 0.338 e. The summed E-state index contributed by atoms with van der Waals surface area (Å²) in [4.78, 5) is 23.8. The van der Waals surface area contributed by atoms with Crippen LogP contribution in [-0.2, 0) is 38.0 Å². The van der Waals surface area contributed by atoms with Crippen LogP contribution in [0.25, 0.3) is 0 Å². The van der Waals surface area contributed by atoms with Gasteiger partial charge >= 0.3 is 11.9 Å². The quantitative estimate of drug-likeness (QED) is 0.613. The Balaban J connectivity index is 1.91. The van der Waals surface area contributed by atoms with Gasteiger partial charge in [-0.15, -0.1) is 0 Å². The summed E-state index contributed by atoms with van der Waals surface area (Å²) in [6.07, 6.45) is -6.70. The van der Waals surface area contributed by atoms with Crippen LogP contribution in [0.1, 0.15) is 31.1 Å². The summed E-state index contributed by atoms with van der Waals surface area (Å²) in [5.74, 6) is -4.21. The minimum Gasteiger partial charge on any atom is -0.463 e. The first-order valence-corrected chi connectivity index (χ1v) is 9.79. The van der Waals surface area contributed by atoms with Crippen LogP contribution in [0, 0.1) is 0 Å². The van der Waals surface area contributed by atoms with E-state index in [9.17, 15) is 9.59 Å². The Labute approximate surface area is 179 Å². The fourth-order valence-electron chi connectivity index (χ4n) is 3.57. The molecule has 0 amide bonds. The SMILES string of the molecule is CO[C@@]1(C)O[C@@H]2[C@H](OC(=O)c3ccccc3)[C@@H](F)O[C@H](COC(C)=O)[C@H]2O[C@]1(C)OC. The summed E-state index contributed by atoms with van der Waals surface area (Å²) in [6.45, 7) is 4.08. The molecule has 0 aliphatic carbocycles. The molecule has 0 N–H and O–H groups in total. The number of fused-ring (bicyclic) bond motifs is 1. The molecule has 0 aromatic heterocycles. The highest BCUT2D eigenvalue weighted by molar-refractivity contribution is 5.89. The molecule has 1 aromatic rings. The minimum atomic E-state index is -2.06. The summed E-state index contributed by atoms with van der Waals surface area (Å²) in [7, 11) is 2.78. The van der Waals surface area contributed by atoms with Crippen molar-refractivity contribution >= 4 is 11.9 Å². The lowest BCUT2D eigenvalue weighted by Crippen LogP contribution is -2.73. The molecule has 2 fully saturated rings. The zero-order valence-corrected chi connectivity index (χ0v) is 18.0. The van der Waals surface area contributed by atoms with Crippen LogP contribution in [0.4, 0.5) is 4.39 Å². The molecular weight excluding hydrogens is 415 g/mol. The van der Waals surface area contributed by atoms with E-state index in [1.54, 1.807) is 44.2 Å². The van der Waals surface area contributed by atoms with Crippen molar-refractivity contribution in [3.63, 3.8) is 0 Å². The maximum Gasteiger partial charge on any atom is 0.338 e. The highest BCUT2D eigenvalue weighted by Gasteiger charge is 2.63. The molecule has 0 saturated carbocycles. The van der Waals surface area contributed by atoms with Crippen molar-refractivity contribution in [3.8, 4) is 0 Å². The van der Waals surface area contributed by atoms with E-state index >= 15 is 4.39 Å². The van der Waals surface area contributed by atoms with E-state index < -0.39 is 54.3 Å². The van der Waals surface area contributed by atoms with Gasteiger partial charge in [0.1, 0.15) is 24.9 Å². The summed E-state index contributed by atoms with van der Waals surface area (Å²) >= 11 is 0. The summed E-state index contributed by atoms with van der Waals surface area (Å²) in [5, 5.41) is 0. The first-order valence-electron chi connectivity index (χ1n) is 9.79. The molecule has 2 aliphatic heterocycles. The standard InChI is InChI=1S/C21H27FO9/c1-12(23)27-11-14-15-16(31-21(3,26-5)20(2,25-4)30-15)17(18(22)28-14)29-19(24)13-9-7-6-8-10-13/h6-10,14-18H,11H2,1-5H3/t14-,15-,16+,17+,18+,20+,21+/m1/s1. The second-order valence-corrected chi connectivity index (χ2v) is 7.53. The molecular formula is C21H27FO9. The topological polar surface area (TPSA) is 98.8 Å². The van der Waals surface area contributed by atoms with Gasteiger partial charge in [0, 0.05) is 21.1 Å². The van der Waals surface area contributed by atoms with Gasteiger partial charge in [0.25, 0.3) is 0 Å². The first-order chi connectivity index (χ1) is 14.6.